The molecule has 0 aliphatic heterocycles. The molecule has 0 saturated heterocycles. The number of aromatic nitrogens is 3. The number of amides is 1. The summed E-state index contributed by atoms with van der Waals surface area (Å²) < 4.78 is 1.92. The fraction of sp³-hybridized carbons (Fsp3) is 0.182. The van der Waals surface area contributed by atoms with Crippen molar-refractivity contribution in [1.82, 2.24) is 14.5 Å². The Morgan fingerprint density at radius 3 is 2.63 bits per heavy atom. The number of anilines is 1. The monoisotopic (exact) mass is 358 g/mol. The van der Waals surface area contributed by atoms with E-state index in [1.807, 2.05) is 48.3 Å². The molecule has 5 nitrogen and oxygen atoms in total. The van der Waals surface area contributed by atoms with Gasteiger partial charge in [0.1, 0.15) is 0 Å². The Morgan fingerprint density at radius 2 is 1.81 bits per heavy atom. The highest BCUT2D eigenvalue weighted by Gasteiger charge is 2.15. The summed E-state index contributed by atoms with van der Waals surface area (Å²) in [5.41, 5.74) is 7.42. The number of imidazole rings is 1. The summed E-state index contributed by atoms with van der Waals surface area (Å²) >= 11 is 0. The van der Waals surface area contributed by atoms with Gasteiger partial charge in [0, 0.05) is 35.3 Å². The summed E-state index contributed by atoms with van der Waals surface area (Å²) in [6, 6.07) is 11.9. The highest BCUT2D eigenvalue weighted by Crippen LogP contribution is 2.28. The second-order valence-corrected chi connectivity index (χ2v) is 7.01. The van der Waals surface area contributed by atoms with Gasteiger partial charge in [-0.3, -0.25) is 10.1 Å². The molecule has 0 unspecified atom stereocenters. The average Bonchev–Trinajstić information content (AvgIpc) is 3.25. The summed E-state index contributed by atoms with van der Waals surface area (Å²) in [5.74, 6) is 0.358. The summed E-state index contributed by atoms with van der Waals surface area (Å²) in [7, 11) is 1.92. The maximum Gasteiger partial charge on any atom is 0.257 e. The van der Waals surface area contributed by atoms with Gasteiger partial charge in [0.2, 0.25) is 5.95 Å². The molecule has 4 aromatic rings. The van der Waals surface area contributed by atoms with Gasteiger partial charge in [0.25, 0.3) is 5.91 Å². The van der Waals surface area contributed by atoms with Gasteiger partial charge in [-0.15, -0.1) is 0 Å². The molecule has 2 aromatic carbocycles. The number of benzene rings is 2. The van der Waals surface area contributed by atoms with Crippen molar-refractivity contribution >= 4 is 22.8 Å². The van der Waals surface area contributed by atoms with Crippen molar-refractivity contribution in [3.05, 3.63) is 71.0 Å². The zero-order valence-electron chi connectivity index (χ0n) is 15.9. The molecule has 0 spiro atoms. The van der Waals surface area contributed by atoms with Gasteiger partial charge in [-0.2, -0.15) is 0 Å². The first kappa shape index (κ1) is 17.1. The molecule has 0 aliphatic carbocycles. The maximum atomic E-state index is 12.7. The predicted molar refractivity (Wildman–Crippen MR) is 109 cm³/mol. The number of H-pyrrole nitrogens is 1. The van der Waals surface area contributed by atoms with E-state index < -0.39 is 0 Å². The number of fused-ring (bicyclic) bond motifs is 1. The van der Waals surface area contributed by atoms with Crippen LogP contribution in [0.15, 0.2) is 48.8 Å². The van der Waals surface area contributed by atoms with Crippen LogP contribution in [0.2, 0.25) is 0 Å². The zero-order valence-corrected chi connectivity index (χ0v) is 15.9. The Morgan fingerprint density at radius 1 is 1.04 bits per heavy atom. The third-order valence-electron chi connectivity index (χ3n) is 5.15. The molecule has 0 bridgehead atoms. The number of nitrogens with zero attached hydrogens (tertiary/aromatic N) is 2. The van der Waals surface area contributed by atoms with Crippen molar-refractivity contribution in [2.45, 2.75) is 20.8 Å². The highest BCUT2D eigenvalue weighted by molar-refractivity contribution is 6.05. The Kier molecular flexibility index (Phi) is 4.07. The zero-order chi connectivity index (χ0) is 19.1. The lowest BCUT2D eigenvalue weighted by atomic mass is 9.99. The smallest absolute Gasteiger partial charge is 0.257 e. The molecule has 5 heteroatoms. The Labute approximate surface area is 158 Å². The van der Waals surface area contributed by atoms with Crippen molar-refractivity contribution in [3.63, 3.8) is 0 Å². The molecular weight excluding hydrogens is 336 g/mol. The van der Waals surface area contributed by atoms with Gasteiger partial charge in [0.05, 0.1) is 11.9 Å². The van der Waals surface area contributed by atoms with E-state index in [1.165, 1.54) is 16.7 Å². The number of hydrogen-bond acceptors (Lipinski definition) is 2. The average molecular weight is 358 g/mol. The van der Waals surface area contributed by atoms with Crippen molar-refractivity contribution in [2.24, 2.45) is 7.05 Å². The molecule has 0 aliphatic rings. The van der Waals surface area contributed by atoms with E-state index in [9.17, 15) is 4.79 Å². The standard InChI is InChI=1S/C22H22N4O/c1-13-9-15(3)18(10-14(13)2)20-12-24-22(26(20)4)25-21(27)17-5-6-19-16(11-17)7-8-23-19/h5-12,23H,1-4H3,(H,24,25,27). The second-order valence-electron chi connectivity index (χ2n) is 7.01. The molecule has 0 saturated carbocycles. The first-order valence-corrected chi connectivity index (χ1v) is 8.92. The van der Waals surface area contributed by atoms with E-state index in [-0.39, 0.29) is 5.91 Å². The predicted octanol–water partition coefficient (Wildman–Crippen LogP) is 4.75. The summed E-state index contributed by atoms with van der Waals surface area (Å²) in [6.07, 6.45) is 3.67. The SMILES string of the molecule is Cc1cc(C)c(-c2cnc(NC(=O)c3ccc4[nH]ccc4c3)n2C)cc1C. The van der Waals surface area contributed by atoms with Crippen LogP contribution in [0.25, 0.3) is 22.2 Å². The largest absolute Gasteiger partial charge is 0.361 e. The normalized spacial score (nSPS) is 11.1. The molecule has 1 amide bonds. The molecule has 27 heavy (non-hydrogen) atoms. The number of carbonyl (C=O) groups excluding carboxylic acids is 1. The molecule has 136 valence electrons. The number of carbonyl (C=O) groups is 1. The van der Waals surface area contributed by atoms with Gasteiger partial charge in [0.15, 0.2) is 0 Å². The van der Waals surface area contributed by atoms with Crippen molar-refractivity contribution < 1.29 is 4.79 Å². The summed E-state index contributed by atoms with van der Waals surface area (Å²) in [5, 5.41) is 3.93. The lowest BCUT2D eigenvalue weighted by Gasteiger charge is -2.12. The quantitative estimate of drug-likeness (QED) is 0.555. The maximum absolute atomic E-state index is 12.7. The van der Waals surface area contributed by atoms with Crippen molar-refractivity contribution in [2.75, 3.05) is 5.32 Å². The Bertz CT molecular complexity index is 1170. The van der Waals surface area contributed by atoms with Gasteiger partial charge in [-0.25, -0.2) is 4.98 Å². The molecule has 2 aromatic heterocycles. The van der Waals surface area contributed by atoms with E-state index in [0.717, 1.165) is 22.2 Å². The van der Waals surface area contributed by atoms with E-state index >= 15 is 0 Å². The fourth-order valence-electron chi connectivity index (χ4n) is 3.38. The van der Waals surface area contributed by atoms with Crippen LogP contribution in [-0.2, 0) is 7.05 Å². The number of nitrogens with one attached hydrogen (secondary N) is 2. The van der Waals surface area contributed by atoms with Gasteiger partial charge in [-0.05, 0) is 67.8 Å². The first-order chi connectivity index (χ1) is 12.9. The topological polar surface area (TPSA) is 62.7 Å². The lowest BCUT2D eigenvalue weighted by Crippen LogP contribution is -2.15. The third-order valence-corrected chi connectivity index (χ3v) is 5.15. The number of aryl methyl sites for hydroxylation is 3. The second kappa shape index (κ2) is 6.43. The van der Waals surface area contributed by atoms with Crippen LogP contribution < -0.4 is 5.32 Å². The highest BCUT2D eigenvalue weighted by atomic mass is 16.1. The molecule has 4 rings (SSSR count). The van der Waals surface area contributed by atoms with Crippen LogP contribution in [0.5, 0.6) is 0 Å². The van der Waals surface area contributed by atoms with E-state index in [0.29, 0.717) is 11.5 Å². The Balaban J connectivity index is 1.64. The van der Waals surface area contributed by atoms with Crippen LogP contribution in [0.4, 0.5) is 5.95 Å². The van der Waals surface area contributed by atoms with Crippen molar-refractivity contribution in [1.29, 1.82) is 0 Å². The van der Waals surface area contributed by atoms with Crippen LogP contribution >= 0.6 is 0 Å². The first-order valence-electron chi connectivity index (χ1n) is 8.92. The molecular formula is C22H22N4O. The van der Waals surface area contributed by atoms with Crippen molar-refractivity contribution in [3.8, 4) is 11.3 Å². The minimum atomic E-state index is -0.171. The lowest BCUT2D eigenvalue weighted by molar-refractivity contribution is 0.102. The number of rotatable bonds is 3. The van der Waals surface area contributed by atoms with Crippen LogP contribution in [0, 0.1) is 20.8 Å². The minimum absolute atomic E-state index is 0.171. The fourth-order valence-corrected chi connectivity index (χ4v) is 3.38. The van der Waals surface area contributed by atoms with Gasteiger partial charge in [-0.1, -0.05) is 6.07 Å². The van der Waals surface area contributed by atoms with Crippen LogP contribution in [-0.4, -0.2) is 20.4 Å². The molecule has 2 N–H and O–H groups in total. The number of aromatic amines is 1. The third kappa shape index (κ3) is 3.01. The van der Waals surface area contributed by atoms with E-state index in [2.05, 4.69) is 48.2 Å². The molecule has 0 atom stereocenters. The van der Waals surface area contributed by atoms with Crippen LogP contribution in [0.1, 0.15) is 27.0 Å². The molecule has 2 heterocycles. The van der Waals surface area contributed by atoms with Gasteiger partial charge < -0.3 is 9.55 Å². The molecule has 0 radical (unpaired) electrons. The molecule has 0 fully saturated rings. The summed E-state index contributed by atoms with van der Waals surface area (Å²) in [6.45, 7) is 6.32. The Hall–Kier alpha value is -3.34. The number of hydrogen-bond donors (Lipinski definition) is 2. The van der Waals surface area contributed by atoms with Gasteiger partial charge >= 0.3 is 0 Å². The van der Waals surface area contributed by atoms with Crippen LogP contribution in [0.3, 0.4) is 0 Å². The summed E-state index contributed by atoms with van der Waals surface area (Å²) in [4.78, 5) is 20.2. The van der Waals surface area contributed by atoms with E-state index in [1.54, 1.807) is 0 Å². The van der Waals surface area contributed by atoms with E-state index in [4.69, 9.17) is 0 Å². The minimum Gasteiger partial charge on any atom is -0.361 e.